The summed E-state index contributed by atoms with van der Waals surface area (Å²) in [6.07, 6.45) is 0. The first-order valence-corrected chi connectivity index (χ1v) is 8.13. The molecule has 0 fully saturated rings. The topological polar surface area (TPSA) is 56.8 Å². The van der Waals surface area contributed by atoms with Crippen LogP contribution < -0.4 is 19.5 Å². The predicted octanol–water partition coefficient (Wildman–Crippen LogP) is 3.96. The first-order chi connectivity index (χ1) is 11.1. The van der Waals surface area contributed by atoms with Crippen LogP contribution in [0.2, 0.25) is 0 Å². The molecule has 122 valence electrons. The summed E-state index contributed by atoms with van der Waals surface area (Å²) in [6, 6.07) is 10.8. The Labute approximate surface area is 149 Å². The molecule has 0 aliphatic heterocycles. The molecule has 0 saturated heterocycles. The van der Waals surface area contributed by atoms with Crippen LogP contribution in [0.25, 0.3) is 0 Å². The summed E-state index contributed by atoms with van der Waals surface area (Å²) >= 11 is 2.10. The second kappa shape index (κ2) is 8.05. The van der Waals surface area contributed by atoms with E-state index in [1.54, 1.807) is 25.3 Å². The van der Waals surface area contributed by atoms with Crippen molar-refractivity contribution in [1.82, 2.24) is 0 Å². The largest absolute Gasteiger partial charge is 0.493 e. The van der Waals surface area contributed by atoms with Crippen molar-refractivity contribution >= 4 is 34.2 Å². The number of nitrogens with one attached hydrogen (secondary N) is 1. The van der Waals surface area contributed by atoms with Gasteiger partial charge in [-0.15, -0.1) is 0 Å². The molecule has 6 heteroatoms. The van der Waals surface area contributed by atoms with E-state index in [4.69, 9.17) is 14.2 Å². The number of benzene rings is 2. The molecule has 0 atom stereocenters. The third-order valence-electron chi connectivity index (χ3n) is 3.15. The van der Waals surface area contributed by atoms with E-state index in [0.29, 0.717) is 35.1 Å². The first-order valence-electron chi connectivity index (χ1n) is 7.05. The molecular weight excluding hydrogens is 409 g/mol. The van der Waals surface area contributed by atoms with Crippen LogP contribution in [0.4, 0.5) is 5.69 Å². The van der Waals surface area contributed by atoms with Gasteiger partial charge in [-0.3, -0.25) is 4.79 Å². The van der Waals surface area contributed by atoms with Crippen molar-refractivity contribution in [1.29, 1.82) is 0 Å². The first kappa shape index (κ1) is 17.4. The van der Waals surface area contributed by atoms with E-state index in [9.17, 15) is 4.79 Å². The summed E-state index contributed by atoms with van der Waals surface area (Å²) in [5, 5.41) is 2.88. The molecule has 0 spiro atoms. The fraction of sp³-hybridized carbons (Fsp3) is 0.235. The Bertz CT molecular complexity index is 703. The third kappa shape index (κ3) is 4.07. The summed E-state index contributed by atoms with van der Waals surface area (Å²) < 4.78 is 16.8. The minimum atomic E-state index is -0.234. The monoisotopic (exact) mass is 427 g/mol. The highest BCUT2D eigenvalue weighted by Gasteiger charge is 2.16. The Morgan fingerprint density at radius 3 is 2.39 bits per heavy atom. The number of ether oxygens (including phenoxy) is 3. The van der Waals surface area contributed by atoms with Crippen LogP contribution in [0.15, 0.2) is 36.4 Å². The maximum Gasteiger partial charge on any atom is 0.256 e. The number of hydrogen-bond donors (Lipinski definition) is 1. The zero-order valence-corrected chi connectivity index (χ0v) is 15.3. The van der Waals surface area contributed by atoms with E-state index < -0.39 is 0 Å². The number of amides is 1. The Morgan fingerprint density at radius 1 is 1.09 bits per heavy atom. The molecule has 2 rings (SSSR count). The zero-order chi connectivity index (χ0) is 16.8. The van der Waals surface area contributed by atoms with Crippen molar-refractivity contribution in [3.8, 4) is 17.2 Å². The Morgan fingerprint density at radius 2 is 1.74 bits per heavy atom. The average molecular weight is 427 g/mol. The van der Waals surface area contributed by atoms with E-state index in [1.165, 1.54) is 7.11 Å². The highest BCUT2D eigenvalue weighted by molar-refractivity contribution is 14.1. The highest BCUT2D eigenvalue weighted by atomic mass is 127. The Kier molecular flexibility index (Phi) is 6.09. The van der Waals surface area contributed by atoms with Gasteiger partial charge in [0.15, 0.2) is 11.5 Å². The lowest BCUT2D eigenvalue weighted by Crippen LogP contribution is -2.14. The molecule has 5 nitrogen and oxygen atoms in total. The lowest BCUT2D eigenvalue weighted by molar-refractivity contribution is 0.102. The van der Waals surface area contributed by atoms with Crippen LogP contribution in [-0.4, -0.2) is 26.7 Å². The van der Waals surface area contributed by atoms with Gasteiger partial charge in [0.05, 0.1) is 32.1 Å². The van der Waals surface area contributed by atoms with Gasteiger partial charge in [0.2, 0.25) is 0 Å². The van der Waals surface area contributed by atoms with Gasteiger partial charge in [-0.25, -0.2) is 0 Å². The van der Waals surface area contributed by atoms with Crippen molar-refractivity contribution in [3.63, 3.8) is 0 Å². The van der Waals surface area contributed by atoms with Gasteiger partial charge in [0, 0.05) is 3.57 Å². The van der Waals surface area contributed by atoms with Gasteiger partial charge >= 0.3 is 0 Å². The molecule has 23 heavy (non-hydrogen) atoms. The Balaban J connectivity index is 2.31. The molecule has 0 bridgehead atoms. The van der Waals surface area contributed by atoms with Gasteiger partial charge < -0.3 is 19.5 Å². The summed E-state index contributed by atoms with van der Waals surface area (Å²) in [5.74, 6) is 1.50. The van der Waals surface area contributed by atoms with E-state index in [-0.39, 0.29) is 5.91 Å². The van der Waals surface area contributed by atoms with Crippen molar-refractivity contribution in [3.05, 3.63) is 45.5 Å². The molecule has 2 aromatic carbocycles. The quantitative estimate of drug-likeness (QED) is 0.710. The number of anilines is 1. The standard InChI is InChI=1S/C17H18INO4/c1-4-23-14-8-6-5-7-13(14)19-17(20)11-9-15(21-2)16(22-3)10-12(11)18/h5-10H,4H2,1-3H3,(H,19,20). The van der Waals surface area contributed by atoms with Crippen molar-refractivity contribution in [2.75, 3.05) is 26.1 Å². The van der Waals surface area contributed by atoms with E-state index in [1.807, 2.05) is 25.1 Å². The van der Waals surface area contributed by atoms with Crippen LogP contribution in [-0.2, 0) is 0 Å². The maximum atomic E-state index is 12.6. The predicted molar refractivity (Wildman–Crippen MR) is 97.8 cm³/mol. The second-order valence-electron chi connectivity index (χ2n) is 4.57. The van der Waals surface area contributed by atoms with Crippen molar-refractivity contribution < 1.29 is 19.0 Å². The van der Waals surface area contributed by atoms with Gasteiger partial charge in [0.25, 0.3) is 5.91 Å². The SMILES string of the molecule is CCOc1ccccc1NC(=O)c1cc(OC)c(OC)cc1I. The van der Waals surface area contributed by atoms with Gasteiger partial charge in [-0.1, -0.05) is 12.1 Å². The van der Waals surface area contributed by atoms with Crippen LogP contribution >= 0.6 is 22.6 Å². The van der Waals surface area contributed by atoms with Crippen LogP contribution in [0.3, 0.4) is 0 Å². The normalized spacial score (nSPS) is 10.1. The second-order valence-corrected chi connectivity index (χ2v) is 5.73. The van der Waals surface area contributed by atoms with Crippen LogP contribution in [0.1, 0.15) is 17.3 Å². The zero-order valence-electron chi connectivity index (χ0n) is 13.2. The summed E-state index contributed by atoms with van der Waals surface area (Å²) in [6.45, 7) is 2.43. The van der Waals surface area contributed by atoms with Crippen molar-refractivity contribution in [2.24, 2.45) is 0 Å². The maximum absolute atomic E-state index is 12.6. The number of halogens is 1. The minimum Gasteiger partial charge on any atom is -0.493 e. The van der Waals surface area contributed by atoms with E-state index in [2.05, 4.69) is 27.9 Å². The molecule has 0 aliphatic carbocycles. The lowest BCUT2D eigenvalue weighted by Gasteiger charge is -2.14. The minimum absolute atomic E-state index is 0.234. The summed E-state index contributed by atoms with van der Waals surface area (Å²) in [7, 11) is 3.10. The van der Waals surface area contributed by atoms with Crippen LogP contribution in [0, 0.1) is 3.57 Å². The number of methoxy groups -OCH3 is 2. The molecule has 0 aromatic heterocycles. The molecule has 0 aliphatic rings. The fourth-order valence-electron chi connectivity index (χ4n) is 2.07. The lowest BCUT2D eigenvalue weighted by atomic mass is 10.1. The molecule has 0 saturated carbocycles. The molecule has 1 amide bonds. The summed E-state index contributed by atoms with van der Waals surface area (Å²) in [4.78, 5) is 12.6. The molecular formula is C17H18INO4. The molecule has 0 heterocycles. The average Bonchev–Trinajstić information content (AvgIpc) is 2.56. The molecule has 2 aromatic rings. The van der Waals surface area contributed by atoms with Gasteiger partial charge in [-0.2, -0.15) is 0 Å². The number of rotatable bonds is 6. The van der Waals surface area contributed by atoms with E-state index in [0.717, 1.165) is 3.57 Å². The fourth-order valence-corrected chi connectivity index (χ4v) is 2.75. The van der Waals surface area contributed by atoms with Gasteiger partial charge in [-0.05, 0) is 53.8 Å². The van der Waals surface area contributed by atoms with Crippen molar-refractivity contribution in [2.45, 2.75) is 6.92 Å². The number of carbonyl (C=O) groups is 1. The van der Waals surface area contributed by atoms with E-state index >= 15 is 0 Å². The number of para-hydroxylation sites is 2. The summed E-state index contributed by atoms with van der Waals surface area (Å²) in [5.41, 5.74) is 1.14. The third-order valence-corrected chi connectivity index (χ3v) is 4.05. The number of carbonyl (C=O) groups excluding carboxylic acids is 1. The number of hydrogen-bond acceptors (Lipinski definition) is 4. The van der Waals surface area contributed by atoms with Crippen LogP contribution in [0.5, 0.6) is 17.2 Å². The molecule has 0 radical (unpaired) electrons. The smallest absolute Gasteiger partial charge is 0.256 e. The van der Waals surface area contributed by atoms with Gasteiger partial charge in [0.1, 0.15) is 5.75 Å². The Hall–Kier alpha value is -1.96. The molecule has 1 N–H and O–H groups in total. The molecule has 0 unspecified atom stereocenters. The highest BCUT2D eigenvalue weighted by Crippen LogP contribution is 2.32.